The van der Waals surface area contributed by atoms with E-state index in [1.807, 2.05) is 71.6 Å². The largest absolute Gasteiger partial charge is 0.411 e. The first-order valence-electron chi connectivity index (χ1n) is 13.2. The van der Waals surface area contributed by atoms with Gasteiger partial charge in [0, 0.05) is 53.7 Å². The Labute approximate surface area is 246 Å². The van der Waals surface area contributed by atoms with Gasteiger partial charge in [-0.25, -0.2) is 0 Å². The second-order valence-corrected chi connectivity index (χ2v) is 10.9. The average molecular weight is 584 g/mol. The number of amides is 2. The van der Waals surface area contributed by atoms with Gasteiger partial charge >= 0.3 is 0 Å². The maximum absolute atomic E-state index is 12.8. The minimum Gasteiger partial charge on any atom is -0.411 e. The number of rotatable bonds is 7. The SMILES string of the molecule is O=C(CSc1nnc(-c2cccc3ccccc23)o1)Nc1ccc(N2CCN(C(=O)c3cccc(Cl)c3)CC2)cc1. The molecule has 1 fully saturated rings. The Morgan fingerprint density at radius 2 is 1.63 bits per heavy atom. The second kappa shape index (κ2) is 12.0. The van der Waals surface area contributed by atoms with E-state index in [-0.39, 0.29) is 17.6 Å². The molecule has 1 aliphatic rings. The molecule has 0 aliphatic carbocycles. The zero-order valence-electron chi connectivity index (χ0n) is 22.0. The molecule has 10 heteroatoms. The van der Waals surface area contributed by atoms with Gasteiger partial charge in [-0.2, -0.15) is 0 Å². The van der Waals surface area contributed by atoms with Crippen LogP contribution >= 0.6 is 23.4 Å². The summed E-state index contributed by atoms with van der Waals surface area (Å²) in [5.74, 6) is 0.394. The van der Waals surface area contributed by atoms with E-state index in [1.165, 1.54) is 11.8 Å². The van der Waals surface area contributed by atoms with E-state index in [0.29, 0.717) is 40.5 Å². The molecule has 1 N–H and O–H groups in total. The van der Waals surface area contributed by atoms with Crippen LogP contribution in [-0.2, 0) is 4.79 Å². The highest BCUT2D eigenvalue weighted by atomic mass is 35.5. The van der Waals surface area contributed by atoms with E-state index in [4.69, 9.17) is 16.0 Å². The van der Waals surface area contributed by atoms with E-state index < -0.39 is 0 Å². The summed E-state index contributed by atoms with van der Waals surface area (Å²) in [6, 6.07) is 28.7. The molecule has 0 bridgehead atoms. The molecule has 4 aromatic carbocycles. The summed E-state index contributed by atoms with van der Waals surface area (Å²) in [6.07, 6.45) is 0. The number of carbonyl (C=O) groups excluding carboxylic acids is 2. The lowest BCUT2D eigenvalue weighted by Gasteiger charge is -2.36. The van der Waals surface area contributed by atoms with Crippen molar-refractivity contribution >= 4 is 57.3 Å². The normalized spacial score (nSPS) is 13.4. The quantitative estimate of drug-likeness (QED) is 0.227. The summed E-state index contributed by atoms with van der Waals surface area (Å²) >= 11 is 7.24. The van der Waals surface area contributed by atoms with Gasteiger partial charge in [-0.15, -0.1) is 10.2 Å². The highest BCUT2D eigenvalue weighted by Crippen LogP contribution is 2.29. The Kier molecular flexibility index (Phi) is 7.89. The molecule has 1 aromatic heterocycles. The van der Waals surface area contributed by atoms with Crippen LogP contribution in [0.3, 0.4) is 0 Å². The Hall–Kier alpha value is -4.34. The van der Waals surface area contributed by atoms with E-state index in [1.54, 1.807) is 24.3 Å². The molecule has 1 aliphatic heterocycles. The van der Waals surface area contributed by atoms with Gasteiger partial charge in [-0.3, -0.25) is 9.59 Å². The lowest BCUT2D eigenvalue weighted by Crippen LogP contribution is -2.48. The maximum Gasteiger partial charge on any atom is 0.277 e. The van der Waals surface area contributed by atoms with Crippen molar-refractivity contribution in [2.45, 2.75) is 5.22 Å². The van der Waals surface area contributed by atoms with Crippen molar-refractivity contribution in [1.82, 2.24) is 15.1 Å². The second-order valence-electron chi connectivity index (χ2n) is 9.57. The molecule has 0 atom stereocenters. The lowest BCUT2D eigenvalue weighted by atomic mass is 10.0. The molecule has 206 valence electrons. The smallest absolute Gasteiger partial charge is 0.277 e. The summed E-state index contributed by atoms with van der Waals surface area (Å²) in [6.45, 7) is 2.69. The van der Waals surface area contributed by atoms with Gasteiger partial charge in [0.15, 0.2) is 0 Å². The van der Waals surface area contributed by atoms with Crippen LogP contribution < -0.4 is 10.2 Å². The molecule has 0 saturated carbocycles. The van der Waals surface area contributed by atoms with Gasteiger partial charge in [0.1, 0.15) is 0 Å². The van der Waals surface area contributed by atoms with Gasteiger partial charge < -0.3 is 19.5 Å². The first-order chi connectivity index (χ1) is 20.0. The third-order valence-electron chi connectivity index (χ3n) is 6.91. The summed E-state index contributed by atoms with van der Waals surface area (Å²) in [5.41, 5.74) is 3.21. The molecule has 0 unspecified atom stereocenters. The zero-order chi connectivity index (χ0) is 28.2. The van der Waals surface area contributed by atoms with Crippen molar-refractivity contribution in [2.75, 3.05) is 42.1 Å². The summed E-state index contributed by atoms with van der Waals surface area (Å²) in [7, 11) is 0. The van der Waals surface area contributed by atoms with Crippen LogP contribution in [-0.4, -0.2) is 58.8 Å². The lowest BCUT2D eigenvalue weighted by molar-refractivity contribution is -0.113. The molecule has 0 radical (unpaired) electrons. The average Bonchev–Trinajstić information content (AvgIpc) is 3.49. The van der Waals surface area contributed by atoms with Crippen LogP contribution in [0.2, 0.25) is 5.02 Å². The molecule has 5 aromatic rings. The Morgan fingerprint density at radius 3 is 2.44 bits per heavy atom. The number of nitrogens with zero attached hydrogens (tertiary/aromatic N) is 4. The minimum absolute atomic E-state index is 0.00612. The van der Waals surface area contributed by atoms with Gasteiger partial charge in [-0.1, -0.05) is 65.8 Å². The molecular formula is C31H26ClN5O3S. The zero-order valence-corrected chi connectivity index (χ0v) is 23.6. The number of piperazine rings is 1. The van der Waals surface area contributed by atoms with Gasteiger partial charge in [-0.05, 0) is 59.3 Å². The molecule has 2 amide bonds. The number of thioether (sulfide) groups is 1. The van der Waals surface area contributed by atoms with Crippen molar-refractivity contribution in [2.24, 2.45) is 0 Å². The number of hydrogen-bond donors (Lipinski definition) is 1. The third-order valence-corrected chi connectivity index (χ3v) is 7.96. The number of halogens is 1. The molecule has 8 nitrogen and oxygen atoms in total. The Balaban J connectivity index is 0.994. The van der Waals surface area contributed by atoms with E-state index in [2.05, 4.69) is 20.4 Å². The van der Waals surface area contributed by atoms with Crippen molar-refractivity contribution < 1.29 is 14.0 Å². The van der Waals surface area contributed by atoms with Crippen LogP contribution in [0, 0.1) is 0 Å². The molecule has 2 heterocycles. The topological polar surface area (TPSA) is 91.6 Å². The van der Waals surface area contributed by atoms with Crippen LogP contribution in [0.1, 0.15) is 10.4 Å². The molecule has 41 heavy (non-hydrogen) atoms. The van der Waals surface area contributed by atoms with Gasteiger partial charge in [0.25, 0.3) is 11.1 Å². The number of fused-ring (bicyclic) bond motifs is 1. The number of nitrogens with one attached hydrogen (secondary N) is 1. The summed E-state index contributed by atoms with van der Waals surface area (Å²) < 4.78 is 5.84. The highest BCUT2D eigenvalue weighted by molar-refractivity contribution is 7.99. The van der Waals surface area contributed by atoms with Gasteiger partial charge in [0.2, 0.25) is 11.8 Å². The Bertz CT molecular complexity index is 1690. The molecule has 0 spiro atoms. The van der Waals surface area contributed by atoms with Crippen LogP contribution in [0.5, 0.6) is 0 Å². The van der Waals surface area contributed by atoms with Crippen LogP contribution in [0.25, 0.3) is 22.2 Å². The molecule has 1 saturated heterocycles. The fraction of sp³-hybridized carbons (Fsp3) is 0.161. The number of benzene rings is 4. The summed E-state index contributed by atoms with van der Waals surface area (Å²) in [5, 5.41) is 14.2. The third kappa shape index (κ3) is 6.21. The van der Waals surface area contributed by atoms with E-state index >= 15 is 0 Å². The molecular weight excluding hydrogens is 558 g/mol. The number of hydrogen-bond acceptors (Lipinski definition) is 7. The van der Waals surface area contributed by atoms with Crippen molar-refractivity contribution in [3.05, 3.63) is 102 Å². The van der Waals surface area contributed by atoms with Crippen molar-refractivity contribution in [3.8, 4) is 11.5 Å². The number of carbonyl (C=O) groups is 2. The van der Waals surface area contributed by atoms with Crippen molar-refractivity contribution in [3.63, 3.8) is 0 Å². The van der Waals surface area contributed by atoms with E-state index in [0.717, 1.165) is 35.1 Å². The summed E-state index contributed by atoms with van der Waals surface area (Å²) in [4.78, 5) is 29.5. The number of aromatic nitrogens is 2. The maximum atomic E-state index is 12.8. The highest BCUT2D eigenvalue weighted by Gasteiger charge is 2.22. The van der Waals surface area contributed by atoms with E-state index in [9.17, 15) is 9.59 Å². The number of anilines is 2. The monoisotopic (exact) mass is 583 g/mol. The van der Waals surface area contributed by atoms with Gasteiger partial charge in [0.05, 0.1) is 5.75 Å². The predicted molar refractivity (Wildman–Crippen MR) is 163 cm³/mol. The minimum atomic E-state index is -0.166. The van der Waals surface area contributed by atoms with Crippen LogP contribution in [0.4, 0.5) is 11.4 Å². The fourth-order valence-electron chi connectivity index (χ4n) is 4.84. The van der Waals surface area contributed by atoms with Crippen molar-refractivity contribution in [1.29, 1.82) is 0 Å². The standard InChI is InChI=1S/C31H26ClN5O3S/c32-23-8-3-7-22(19-23)30(39)37-17-15-36(16-18-37)25-13-11-24(12-14-25)33-28(38)20-41-31-35-34-29(40-31)27-10-4-6-21-5-1-2-9-26(21)27/h1-14,19H,15-18,20H2,(H,33,38). The first kappa shape index (κ1) is 26.9. The first-order valence-corrected chi connectivity index (χ1v) is 14.5. The van der Waals surface area contributed by atoms with Crippen LogP contribution in [0.15, 0.2) is 101 Å². The fourth-order valence-corrected chi connectivity index (χ4v) is 5.59. The Morgan fingerprint density at radius 1 is 0.878 bits per heavy atom. The molecule has 6 rings (SSSR count). The predicted octanol–water partition coefficient (Wildman–Crippen LogP) is 6.24.